The summed E-state index contributed by atoms with van der Waals surface area (Å²) in [6, 6.07) is 1.83. The van der Waals surface area contributed by atoms with E-state index in [1.807, 2.05) is 13.0 Å². The first-order valence-corrected chi connectivity index (χ1v) is 5.75. The second-order valence-corrected chi connectivity index (χ2v) is 4.38. The van der Waals surface area contributed by atoms with Crippen molar-refractivity contribution in [1.29, 1.82) is 0 Å². The summed E-state index contributed by atoms with van der Waals surface area (Å²) in [5.74, 6) is 0.704. The molecular weight excluding hydrogens is 288 g/mol. The molecule has 0 bridgehead atoms. The molecule has 0 radical (unpaired) electrons. The van der Waals surface area contributed by atoms with Crippen LogP contribution in [0, 0.1) is 6.92 Å². The lowest BCUT2D eigenvalue weighted by molar-refractivity contribution is 0.384. The third-order valence-corrected chi connectivity index (χ3v) is 2.97. The van der Waals surface area contributed by atoms with E-state index in [2.05, 4.69) is 31.5 Å². The standard InChI is InChI=1S/C10H11BrN4O2/c1-6-3-7(17-14-6)4-12-8-5-13-15(2)10(16)9(8)11/h3,5,12H,4H2,1-2H3. The van der Waals surface area contributed by atoms with Gasteiger partial charge in [0.2, 0.25) is 0 Å². The van der Waals surface area contributed by atoms with Gasteiger partial charge in [-0.25, -0.2) is 4.68 Å². The van der Waals surface area contributed by atoms with E-state index in [0.717, 1.165) is 5.69 Å². The molecule has 0 aliphatic heterocycles. The van der Waals surface area contributed by atoms with Gasteiger partial charge >= 0.3 is 0 Å². The molecule has 0 aliphatic rings. The first kappa shape index (κ1) is 11.8. The molecule has 0 spiro atoms. The molecule has 2 aromatic rings. The summed E-state index contributed by atoms with van der Waals surface area (Å²) in [7, 11) is 1.59. The maximum Gasteiger partial charge on any atom is 0.282 e. The molecule has 7 heteroatoms. The van der Waals surface area contributed by atoms with Crippen LogP contribution in [0.5, 0.6) is 0 Å². The number of nitrogens with zero attached hydrogens (tertiary/aromatic N) is 3. The second-order valence-electron chi connectivity index (χ2n) is 3.59. The van der Waals surface area contributed by atoms with Gasteiger partial charge in [-0.15, -0.1) is 0 Å². The molecule has 2 aromatic heterocycles. The summed E-state index contributed by atoms with van der Waals surface area (Å²) in [4.78, 5) is 11.6. The Morgan fingerprint density at radius 3 is 3.00 bits per heavy atom. The lowest BCUT2D eigenvalue weighted by Crippen LogP contribution is -2.21. The van der Waals surface area contributed by atoms with E-state index >= 15 is 0 Å². The molecule has 0 amide bonds. The topological polar surface area (TPSA) is 73.0 Å². The SMILES string of the molecule is Cc1cc(CNc2cnn(C)c(=O)c2Br)on1. The van der Waals surface area contributed by atoms with Gasteiger partial charge in [0.1, 0.15) is 4.47 Å². The first-order valence-electron chi connectivity index (χ1n) is 4.96. The monoisotopic (exact) mass is 298 g/mol. The van der Waals surface area contributed by atoms with Gasteiger partial charge < -0.3 is 9.84 Å². The Morgan fingerprint density at radius 1 is 1.59 bits per heavy atom. The smallest absolute Gasteiger partial charge is 0.282 e. The van der Waals surface area contributed by atoms with Gasteiger partial charge in [-0.05, 0) is 22.9 Å². The summed E-state index contributed by atoms with van der Waals surface area (Å²) in [6.07, 6.45) is 1.58. The fraction of sp³-hybridized carbons (Fsp3) is 0.300. The fourth-order valence-electron chi connectivity index (χ4n) is 1.32. The first-order chi connectivity index (χ1) is 8.08. The molecule has 0 atom stereocenters. The average molecular weight is 299 g/mol. The van der Waals surface area contributed by atoms with Crippen LogP contribution in [0.3, 0.4) is 0 Å². The third-order valence-electron chi connectivity index (χ3n) is 2.21. The highest BCUT2D eigenvalue weighted by molar-refractivity contribution is 9.10. The molecule has 0 fully saturated rings. The Balaban J connectivity index is 2.15. The number of hydrogen-bond acceptors (Lipinski definition) is 5. The highest BCUT2D eigenvalue weighted by Crippen LogP contribution is 2.17. The zero-order valence-corrected chi connectivity index (χ0v) is 11.0. The summed E-state index contributed by atoms with van der Waals surface area (Å²) < 4.78 is 6.76. The van der Waals surface area contributed by atoms with Crippen LogP contribution < -0.4 is 10.9 Å². The van der Waals surface area contributed by atoms with Gasteiger partial charge in [0, 0.05) is 13.1 Å². The predicted octanol–water partition coefficient (Wildman–Crippen LogP) is 1.45. The summed E-state index contributed by atoms with van der Waals surface area (Å²) in [5, 5.41) is 10.8. The maximum atomic E-state index is 11.6. The van der Waals surface area contributed by atoms with Crippen LogP contribution in [-0.2, 0) is 13.6 Å². The Morgan fingerprint density at radius 2 is 2.35 bits per heavy atom. The zero-order chi connectivity index (χ0) is 12.4. The molecule has 2 rings (SSSR count). The molecule has 0 unspecified atom stereocenters. The third kappa shape index (κ3) is 2.55. The second kappa shape index (κ2) is 4.70. The molecule has 90 valence electrons. The molecule has 0 aromatic carbocycles. The quantitative estimate of drug-likeness (QED) is 0.928. The van der Waals surface area contributed by atoms with Crippen molar-refractivity contribution >= 4 is 21.6 Å². The predicted molar refractivity (Wildman–Crippen MR) is 65.7 cm³/mol. The lowest BCUT2D eigenvalue weighted by Gasteiger charge is -2.06. The van der Waals surface area contributed by atoms with E-state index in [4.69, 9.17) is 4.52 Å². The Kier molecular flexibility index (Phi) is 3.28. The van der Waals surface area contributed by atoms with Crippen LogP contribution in [0.4, 0.5) is 5.69 Å². The molecule has 2 heterocycles. The largest absolute Gasteiger partial charge is 0.375 e. The molecule has 17 heavy (non-hydrogen) atoms. The van der Waals surface area contributed by atoms with Crippen molar-refractivity contribution < 1.29 is 4.52 Å². The van der Waals surface area contributed by atoms with Crippen molar-refractivity contribution in [1.82, 2.24) is 14.9 Å². The summed E-state index contributed by atoms with van der Waals surface area (Å²) >= 11 is 3.23. The van der Waals surface area contributed by atoms with Crippen LogP contribution >= 0.6 is 15.9 Å². The van der Waals surface area contributed by atoms with E-state index in [1.54, 1.807) is 13.2 Å². The van der Waals surface area contributed by atoms with Crippen LogP contribution in [0.15, 0.2) is 26.1 Å². The summed E-state index contributed by atoms with van der Waals surface area (Å²) in [6.45, 7) is 2.30. The highest BCUT2D eigenvalue weighted by Gasteiger charge is 2.07. The Bertz CT molecular complexity index is 590. The van der Waals surface area contributed by atoms with Gasteiger partial charge in [-0.1, -0.05) is 5.16 Å². The average Bonchev–Trinajstić information content (AvgIpc) is 2.71. The van der Waals surface area contributed by atoms with Gasteiger partial charge in [-0.2, -0.15) is 5.10 Å². The fourth-order valence-corrected chi connectivity index (χ4v) is 1.82. The van der Waals surface area contributed by atoms with Crippen molar-refractivity contribution in [2.24, 2.45) is 7.05 Å². The number of aryl methyl sites for hydroxylation is 2. The lowest BCUT2D eigenvalue weighted by atomic mass is 10.3. The summed E-state index contributed by atoms with van der Waals surface area (Å²) in [5.41, 5.74) is 1.26. The number of rotatable bonds is 3. The Hall–Kier alpha value is -1.63. The van der Waals surface area contributed by atoms with Crippen molar-refractivity contribution in [3.8, 4) is 0 Å². The molecule has 6 nitrogen and oxygen atoms in total. The van der Waals surface area contributed by atoms with Gasteiger partial charge in [0.05, 0.1) is 24.1 Å². The number of aromatic nitrogens is 3. The molecule has 0 aliphatic carbocycles. The van der Waals surface area contributed by atoms with E-state index in [0.29, 0.717) is 22.5 Å². The number of halogens is 1. The minimum Gasteiger partial charge on any atom is -0.375 e. The molecule has 0 saturated heterocycles. The molecule has 1 N–H and O–H groups in total. The van der Waals surface area contributed by atoms with E-state index in [1.165, 1.54) is 4.68 Å². The van der Waals surface area contributed by atoms with Gasteiger partial charge in [-0.3, -0.25) is 4.79 Å². The molecule has 0 saturated carbocycles. The van der Waals surface area contributed by atoms with Crippen molar-refractivity contribution in [2.45, 2.75) is 13.5 Å². The normalized spacial score (nSPS) is 10.5. The van der Waals surface area contributed by atoms with Crippen molar-refractivity contribution in [3.05, 3.63) is 38.5 Å². The van der Waals surface area contributed by atoms with E-state index in [-0.39, 0.29) is 5.56 Å². The maximum absolute atomic E-state index is 11.6. The minimum absolute atomic E-state index is 0.191. The van der Waals surface area contributed by atoms with E-state index < -0.39 is 0 Å². The highest BCUT2D eigenvalue weighted by atomic mass is 79.9. The van der Waals surface area contributed by atoms with E-state index in [9.17, 15) is 4.79 Å². The number of anilines is 1. The van der Waals surface area contributed by atoms with Crippen molar-refractivity contribution in [3.63, 3.8) is 0 Å². The van der Waals surface area contributed by atoms with Crippen LogP contribution in [0.2, 0.25) is 0 Å². The van der Waals surface area contributed by atoms with Gasteiger partial charge in [0.25, 0.3) is 5.56 Å². The minimum atomic E-state index is -0.191. The van der Waals surface area contributed by atoms with Crippen LogP contribution in [-0.4, -0.2) is 14.9 Å². The van der Waals surface area contributed by atoms with Crippen molar-refractivity contribution in [2.75, 3.05) is 5.32 Å². The van der Waals surface area contributed by atoms with Crippen LogP contribution in [0.1, 0.15) is 11.5 Å². The van der Waals surface area contributed by atoms with Gasteiger partial charge in [0.15, 0.2) is 5.76 Å². The Labute approximate surface area is 106 Å². The number of hydrogen-bond donors (Lipinski definition) is 1. The molecular formula is C10H11BrN4O2. The van der Waals surface area contributed by atoms with Crippen LogP contribution in [0.25, 0.3) is 0 Å². The number of nitrogens with one attached hydrogen (secondary N) is 1. The zero-order valence-electron chi connectivity index (χ0n) is 9.40.